The van der Waals surface area contributed by atoms with Gasteiger partial charge in [0.05, 0.1) is 0 Å². The van der Waals surface area contributed by atoms with Crippen LogP contribution in [0.5, 0.6) is 5.75 Å². The average Bonchev–Trinajstić information content (AvgIpc) is 2.47. The molecule has 0 aliphatic carbocycles. The lowest BCUT2D eigenvalue weighted by atomic mass is 9.97. The van der Waals surface area contributed by atoms with Gasteiger partial charge in [-0.3, -0.25) is 0 Å². The summed E-state index contributed by atoms with van der Waals surface area (Å²) in [6.45, 7) is 5.81. The lowest BCUT2D eigenvalue weighted by Gasteiger charge is -2.28. The number of ether oxygens (including phenoxy) is 1. The van der Waals surface area contributed by atoms with Crippen LogP contribution in [0.25, 0.3) is 0 Å². The molecule has 0 bridgehead atoms. The molecule has 0 spiro atoms. The third-order valence-electron chi connectivity index (χ3n) is 3.54. The van der Waals surface area contributed by atoms with Gasteiger partial charge in [0.15, 0.2) is 0 Å². The van der Waals surface area contributed by atoms with Gasteiger partial charge in [-0.25, -0.2) is 4.79 Å². The molecule has 0 fully saturated rings. The summed E-state index contributed by atoms with van der Waals surface area (Å²) in [5.41, 5.74) is 1.44. The third-order valence-corrected chi connectivity index (χ3v) is 3.54. The van der Waals surface area contributed by atoms with Crippen LogP contribution in [0.1, 0.15) is 42.3 Å². The van der Waals surface area contributed by atoms with E-state index in [4.69, 9.17) is 4.74 Å². The van der Waals surface area contributed by atoms with Gasteiger partial charge in [-0.2, -0.15) is 0 Å². The van der Waals surface area contributed by atoms with Gasteiger partial charge < -0.3 is 9.84 Å². The number of rotatable bonds is 5. The molecular formula is C18H20O3. The highest BCUT2D eigenvalue weighted by Gasteiger charge is 2.25. The van der Waals surface area contributed by atoms with Crippen molar-refractivity contribution in [1.29, 1.82) is 0 Å². The van der Waals surface area contributed by atoms with Crippen LogP contribution in [0.15, 0.2) is 48.5 Å². The highest BCUT2D eigenvalue weighted by Crippen LogP contribution is 2.31. The van der Waals surface area contributed by atoms with Crippen molar-refractivity contribution in [1.82, 2.24) is 0 Å². The molecule has 0 saturated heterocycles. The molecule has 0 aliphatic heterocycles. The predicted molar refractivity (Wildman–Crippen MR) is 82.9 cm³/mol. The summed E-state index contributed by atoms with van der Waals surface area (Å²) in [6.07, 6.45) is 0.657. The number of benzene rings is 2. The molecule has 2 aromatic carbocycles. The molecule has 0 aromatic heterocycles. The number of hydrogen-bond donors (Lipinski definition) is 1. The summed E-state index contributed by atoms with van der Waals surface area (Å²) >= 11 is 0. The molecule has 0 aliphatic rings. The number of hydrogen-bond acceptors (Lipinski definition) is 2. The van der Waals surface area contributed by atoms with Gasteiger partial charge in [-0.05, 0) is 37.5 Å². The van der Waals surface area contributed by atoms with E-state index in [2.05, 4.69) is 0 Å². The zero-order valence-corrected chi connectivity index (χ0v) is 12.6. The Morgan fingerprint density at radius 2 is 1.76 bits per heavy atom. The highest BCUT2D eigenvalue weighted by molar-refractivity contribution is 5.92. The first-order chi connectivity index (χ1) is 9.95. The second kappa shape index (κ2) is 6.00. The topological polar surface area (TPSA) is 46.5 Å². The Hall–Kier alpha value is -2.29. The third kappa shape index (κ3) is 3.24. The molecule has 0 radical (unpaired) electrons. The van der Waals surface area contributed by atoms with E-state index >= 15 is 0 Å². The lowest BCUT2D eigenvalue weighted by Crippen LogP contribution is -2.26. The zero-order chi connectivity index (χ0) is 15.5. The van der Waals surface area contributed by atoms with Crippen LogP contribution in [0, 0.1) is 0 Å². The van der Waals surface area contributed by atoms with E-state index in [1.54, 1.807) is 6.07 Å². The maximum atomic E-state index is 11.5. The van der Waals surface area contributed by atoms with Gasteiger partial charge in [0.2, 0.25) is 0 Å². The molecule has 21 heavy (non-hydrogen) atoms. The Bertz CT molecular complexity index is 630. The Labute approximate surface area is 125 Å². The fourth-order valence-electron chi connectivity index (χ4n) is 2.37. The first-order valence-corrected chi connectivity index (χ1v) is 7.05. The van der Waals surface area contributed by atoms with Crippen LogP contribution in [-0.2, 0) is 12.0 Å². The van der Waals surface area contributed by atoms with E-state index in [1.165, 1.54) is 0 Å². The maximum Gasteiger partial charge on any atom is 0.339 e. The van der Waals surface area contributed by atoms with Gasteiger partial charge in [-0.15, -0.1) is 0 Å². The number of aryl methyl sites for hydroxylation is 1. The van der Waals surface area contributed by atoms with Gasteiger partial charge in [0.1, 0.15) is 16.9 Å². The van der Waals surface area contributed by atoms with Crippen LogP contribution in [-0.4, -0.2) is 11.1 Å². The van der Waals surface area contributed by atoms with E-state index in [0.29, 0.717) is 12.2 Å². The van der Waals surface area contributed by atoms with Crippen molar-refractivity contribution in [3.63, 3.8) is 0 Å². The number of carboxylic acid groups (broad SMARTS) is 1. The minimum atomic E-state index is -0.952. The molecule has 0 heterocycles. The van der Waals surface area contributed by atoms with Gasteiger partial charge in [0, 0.05) is 0 Å². The minimum Gasteiger partial charge on any atom is -0.482 e. The molecule has 110 valence electrons. The average molecular weight is 284 g/mol. The number of carboxylic acids is 1. The zero-order valence-electron chi connectivity index (χ0n) is 12.6. The summed E-state index contributed by atoms with van der Waals surface area (Å²) in [6, 6.07) is 15.2. The normalized spacial score (nSPS) is 11.2. The summed E-state index contributed by atoms with van der Waals surface area (Å²) in [4.78, 5) is 11.5. The summed E-state index contributed by atoms with van der Waals surface area (Å²) in [5.74, 6) is -0.540. The van der Waals surface area contributed by atoms with Gasteiger partial charge >= 0.3 is 5.97 Å². The molecular weight excluding hydrogens is 264 g/mol. The molecule has 2 rings (SSSR count). The molecule has 2 aromatic rings. The first-order valence-electron chi connectivity index (χ1n) is 7.05. The van der Waals surface area contributed by atoms with Gasteiger partial charge in [0.25, 0.3) is 0 Å². The van der Waals surface area contributed by atoms with Crippen LogP contribution < -0.4 is 4.74 Å². The van der Waals surface area contributed by atoms with Gasteiger partial charge in [-0.1, -0.05) is 49.4 Å². The Balaban J connectivity index is 2.42. The summed E-state index contributed by atoms with van der Waals surface area (Å²) in [5, 5.41) is 9.47. The second-order valence-electron chi connectivity index (χ2n) is 5.43. The summed E-state index contributed by atoms with van der Waals surface area (Å²) in [7, 11) is 0. The number of carbonyl (C=O) groups is 1. The van der Waals surface area contributed by atoms with E-state index in [9.17, 15) is 9.90 Å². The molecule has 0 atom stereocenters. The fourth-order valence-corrected chi connectivity index (χ4v) is 2.37. The van der Waals surface area contributed by atoms with Crippen LogP contribution in [0.2, 0.25) is 0 Å². The predicted octanol–water partition coefficient (Wildman–Crippen LogP) is 4.26. The van der Waals surface area contributed by atoms with E-state index in [0.717, 1.165) is 11.1 Å². The smallest absolute Gasteiger partial charge is 0.339 e. The van der Waals surface area contributed by atoms with Crippen molar-refractivity contribution < 1.29 is 14.6 Å². The van der Waals surface area contributed by atoms with E-state index < -0.39 is 11.6 Å². The number of aromatic carboxylic acids is 1. The minimum absolute atomic E-state index is 0.254. The van der Waals surface area contributed by atoms with E-state index in [-0.39, 0.29) is 5.56 Å². The Kier molecular flexibility index (Phi) is 4.32. The monoisotopic (exact) mass is 284 g/mol. The molecule has 0 unspecified atom stereocenters. The molecule has 3 heteroatoms. The van der Waals surface area contributed by atoms with Crippen LogP contribution in [0.3, 0.4) is 0 Å². The first kappa shape index (κ1) is 15.1. The van der Waals surface area contributed by atoms with Crippen molar-refractivity contribution in [2.45, 2.75) is 32.8 Å². The molecule has 3 nitrogen and oxygen atoms in total. The fraction of sp³-hybridized carbons (Fsp3) is 0.278. The van der Waals surface area contributed by atoms with Crippen LogP contribution >= 0.6 is 0 Å². The van der Waals surface area contributed by atoms with Crippen LogP contribution in [0.4, 0.5) is 0 Å². The Morgan fingerprint density at radius 1 is 1.10 bits per heavy atom. The van der Waals surface area contributed by atoms with Crippen molar-refractivity contribution in [2.75, 3.05) is 0 Å². The molecule has 1 N–H and O–H groups in total. The largest absolute Gasteiger partial charge is 0.482 e. The van der Waals surface area contributed by atoms with Crippen molar-refractivity contribution in [3.05, 3.63) is 65.2 Å². The maximum absolute atomic E-state index is 11.5. The Morgan fingerprint density at radius 3 is 2.33 bits per heavy atom. The lowest BCUT2D eigenvalue weighted by molar-refractivity contribution is 0.0671. The van der Waals surface area contributed by atoms with Crippen molar-refractivity contribution in [2.24, 2.45) is 0 Å². The standard InChI is InChI=1S/C18H20O3/c1-4-13-9-8-12-15(16(13)17(19)20)21-18(2,3)14-10-6-5-7-11-14/h5-12H,4H2,1-3H3,(H,19,20). The van der Waals surface area contributed by atoms with E-state index in [1.807, 2.05) is 63.2 Å². The molecule has 0 saturated carbocycles. The SMILES string of the molecule is CCc1cccc(OC(C)(C)c2ccccc2)c1C(=O)O. The quantitative estimate of drug-likeness (QED) is 0.892. The molecule has 0 amide bonds. The second-order valence-corrected chi connectivity index (χ2v) is 5.43. The highest BCUT2D eigenvalue weighted by atomic mass is 16.5. The summed E-state index contributed by atoms with van der Waals surface area (Å²) < 4.78 is 6.04. The van der Waals surface area contributed by atoms with Crippen molar-refractivity contribution in [3.8, 4) is 5.75 Å². The van der Waals surface area contributed by atoms with Crippen molar-refractivity contribution >= 4 is 5.97 Å².